The first kappa shape index (κ1) is 25.0. The van der Waals surface area contributed by atoms with Gasteiger partial charge in [-0.3, -0.25) is 14.7 Å². The Morgan fingerprint density at radius 1 is 1.05 bits per heavy atom. The summed E-state index contributed by atoms with van der Waals surface area (Å²) in [5.74, 6) is 1.87. The number of nitro groups is 1. The average molecular weight is 517 g/mol. The van der Waals surface area contributed by atoms with Gasteiger partial charge in [0.25, 0.3) is 5.69 Å². The third-order valence-electron chi connectivity index (χ3n) is 6.25. The molecule has 190 valence electrons. The van der Waals surface area contributed by atoms with Gasteiger partial charge < -0.3 is 9.47 Å². The Morgan fingerprint density at radius 2 is 1.81 bits per heavy atom. The van der Waals surface area contributed by atoms with Gasteiger partial charge in [-0.25, -0.2) is 0 Å². The SMILES string of the molecule is CC(C)(C)c1ccc(-c2nnc(SCc3cc([N+](=O)[O-])cc4c3OCOC4)n2Cc2ccccc2)cc1. The van der Waals surface area contributed by atoms with E-state index in [-0.39, 0.29) is 29.4 Å². The van der Waals surface area contributed by atoms with Gasteiger partial charge in [0.05, 0.1) is 18.1 Å². The minimum Gasteiger partial charge on any atom is -0.467 e. The largest absolute Gasteiger partial charge is 0.467 e. The predicted molar refractivity (Wildman–Crippen MR) is 143 cm³/mol. The molecule has 0 aliphatic carbocycles. The van der Waals surface area contributed by atoms with E-state index in [2.05, 4.69) is 71.9 Å². The van der Waals surface area contributed by atoms with E-state index in [1.807, 2.05) is 18.2 Å². The first-order valence-electron chi connectivity index (χ1n) is 12.0. The van der Waals surface area contributed by atoms with E-state index in [0.717, 1.165) is 27.7 Å². The van der Waals surface area contributed by atoms with Crippen molar-refractivity contribution in [2.75, 3.05) is 6.79 Å². The zero-order valence-corrected chi connectivity index (χ0v) is 21.8. The van der Waals surface area contributed by atoms with Crippen LogP contribution in [0.4, 0.5) is 5.69 Å². The minimum absolute atomic E-state index is 0.0221. The van der Waals surface area contributed by atoms with Crippen molar-refractivity contribution >= 4 is 17.4 Å². The Kier molecular flexibility index (Phi) is 6.99. The van der Waals surface area contributed by atoms with Crippen LogP contribution in [0, 0.1) is 10.1 Å². The van der Waals surface area contributed by atoms with Gasteiger partial charge in [-0.1, -0.05) is 87.1 Å². The van der Waals surface area contributed by atoms with Crippen LogP contribution in [-0.2, 0) is 29.1 Å². The van der Waals surface area contributed by atoms with Crippen molar-refractivity contribution in [3.63, 3.8) is 0 Å². The van der Waals surface area contributed by atoms with Crippen molar-refractivity contribution in [2.24, 2.45) is 0 Å². The van der Waals surface area contributed by atoms with E-state index in [1.54, 1.807) is 6.07 Å². The summed E-state index contributed by atoms with van der Waals surface area (Å²) in [6.07, 6.45) is 0. The third-order valence-corrected chi connectivity index (χ3v) is 7.26. The third kappa shape index (κ3) is 5.52. The van der Waals surface area contributed by atoms with E-state index in [4.69, 9.17) is 9.47 Å². The van der Waals surface area contributed by atoms with E-state index in [9.17, 15) is 10.1 Å². The first-order valence-corrected chi connectivity index (χ1v) is 13.0. The number of fused-ring (bicyclic) bond motifs is 1. The molecule has 2 heterocycles. The van der Waals surface area contributed by atoms with Crippen LogP contribution in [-0.4, -0.2) is 26.5 Å². The molecule has 0 atom stereocenters. The summed E-state index contributed by atoms with van der Waals surface area (Å²) in [5, 5.41) is 21.3. The van der Waals surface area contributed by atoms with Crippen LogP contribution in [0.25, 0.3) is 11.4 Å². The molecule has 0 bridgehead atoms. The van der Waals surface area contributed by atoms with Gasteiger partial charge in [0, 0.05) is 34.6 Å². The lowest BCUT2D eigenvalue weighted by atomic mass is 9.87. The number of non-ortho nitro benzene ring substituents is 1. The molecule has 1 aliphatic heterocycles. The molecule has 0 amide bonds. The lowest BCUT2D eigenvalue weighted by molar-refractivity contribution is -0.385. The summed E-state index contributed by atoms with van der Waals surface area (Å²) in [4.78, 5) is 11.1. The van der Waals surface area contributed by atoms with Crippen LogP contribution >= 0.6 is 11.8 Å². The summed E-state index contributed by atoms with van der Waals surface area (Å²) in [7, 11) is 0. The molecule has 0 unspecified atom stereocenters. The number of rotatable bonds is 7. The molecule has 0 radical (unpaired) electrons. The number of thioether (sulfide) groups is 1. The molecule has 9 heteroatoms. The van der Waals surface area contributed by atoms with Crippen LogP contribution in [0.3, 0.4) is 0 Å². The summed E-state index contributed by atoms with van der Waals surface area (Å²) in [5.41, 5.74) is 4.86. The molecular formula is C28H28N4O4S. The number of benzene rings is 3. The highest BCUT2D eigenvalue weighted by Crippen LogP contribution is 2.37. The first-order chi connectivity index (χ1) is 17.8. The number of ether oxygens (including phenoxy) is 2. The van der Waals surface area contributed by atoms with Crippen LogP contribution in [0.2, 0.25) is 0 Å². The molecule has 0 saturated heterocycles. The van der Waals surface area contributed by atoms with Crippen molar-refractivity contribution < 1.29 is 14.4 Å². The normalized spacial score (nSPS) is 13.2. The monoisotopic (exact) mass is 516 g/mol. The van der Waals surface area contributed by atoms with Crippen molar-refractivity contribution in [3.8, 4) is 17.1 Å². The maximum Gasteiger partial charge on any atom is 0.270 e. The molecule has 0 fully saturated rings. The van der Waals surface area contributed by atoms with Crippen LogP contribution in [0.15, 0.2) is 71.9 Å². The number of aromatic nitrogens is 3. The van der Waals surface area contributed by atoms with E-state index < -0.39 is 0 Å². The Morgan fingerprint density at radius 3 is 2.51 bits per heavy atom. The second-order valence-electron chi connectivity index (χ2n) is 9.95. The highest BCUT2D eigenvalue weighted by Gasteiger charge is 2.23. The van der Waals surface area contributed by atoms with Crippen molar-refractivity contribution in [2.45, 2.75) is 50.2 Å². The Hall–Kier alpha value is -3.69. The molecule has 37 heavy (non-hydrogen) atoms. The van der Waals surface area contributed by atoms with E-state index >= 15 is 0 Å². The lowest BCUT2D eigenvalue weighted by Gasteiger charge is -2.20. The summed E-state index contributed by atoms with van der Waals surface area (Å²) in [6.45, 7) is 7.59. The Balaban J connectivity index is 1.49. The Labute approximate surface area is 219 Å². The molecule has 0 saturated carbocycles. The molecule has 1 aliphatic rings. The van der Waals surface area contributed by atoms with Gasteiger partial charge in [-0.15, -0.1) is 10.2 Å². The van der Waals surface area contributed by atoms with Crippen LogP contribution in [0.5, 0.6) is 5.75 Å². The molecule has 3 aromatic carbocycles. The van der Waals surface area contributed by atoms with Gasteiger partial charge in [0.2, 0.25) is 0 Å². The predicted octanol–water partition coefficient (Wildman–Crippen LogP) is 6.36. The van der Waals surface area contributed by atoms with E-state index in [1.165, 1.54) is 23.4 Å². The zero-order valence-electron chi connectivity index (χ0n) is 21.0. The van der Waals surface area contributed by atoms with Crippen molar-refractivity contribution in [3.05, 3.63) is 99.1 Å². The maximum absolute atomic E-state index is 11.5. The zero-order chi connectivity index (χ0) is 26.0. The van der Waals surface area contributed by atoms with Crippen molar-refractivity contribution in [1.82, 2.24) is 14.8 Å². The van der Waals surface area contributed by atoms with Crippen molar-refractivity contribution in [1.29, 1.82) is 0 Å². The molecule has 1 aromatic heterocycles. The molecular weight excluding hydrogens is 488 g/mol. The topological polar surface area (TPSA) is 92.3 Å². The highest BCUT2D eigenvalue weighted by atomic mass is 32.2. The fraction of sp³-hybridized carbons (Fsp3) is 0.286. The minimum atomic E-state index is -0.389. The summed E-state index contributed by atoms with van der Waals surface area (Å²) in [6, 6.07) is 21.7. The fourth-order valence-electron chi connectivity index (χ4n) is 4.27. The van der Waals surface area contributed by atoms with Gasteiger partial charge in [-0.05, 0) is 16.5 Å². The smallest absolute Gasteiger partial charge is 0.270 e. The molecule has 4 aromatic rings. The quantitative estimate of drug-likeness (QED) is 0.160. The lowest BCUT2D eigenvalue weighted by Crippen LogP contribution is -2.13. The van der Waals surface area contributed by atoms with E-state index in [0.29, 0.717) is 23.6 Å². The van der Waals surface area contributed by atoms with Crippen LogP contribution in [0.1, 0.15) is 43.0 Å². The standard InChI is InChI=1S/C28H28N4O4S/c1-28(2,3)23-11-9-20(10-12-23)26-29-30-27(31(26)15-19-7-5-4-6-8-19)37-17-22-14-24(32(33)34)13-21-16-35-18-36-25(21)22/h4-14H,15-18H2,1-3H3. The average Bonchev–Trinajstić information content (AvgIpc) is 3.29. The molecule has 0 spiro atoms. The van der Waals surface area contributed by atoms with Gasteiger partial charge in [-0.2, -0.15) is 0 Å². The fourth-order valence-corrected chi connectivity index (χ4v) is 5.18. The van der Waals surface area contributed by atoms with Gasteiger partial charge >= 0.3 is 0 Å². The number of hydrogen-bond donors (Lipinski definition) is 0. The number of nitrogens with zero attached hydrogens (tertiary/aromatic N) is 4. The molecule has 0 N–H and O–H groups in total. The number of hydrogen-bond acceptors (Lipinski definition) is 7. The molecule has 8 nitrogen and oxygen atoms in total. The van der Waals surface area contributed by atoms with Gasteiger partial charge in [0.1, 0.15) is 5.75 Å². The number of nitro benzene ring substituents is 1. The van der Waals surface area contributed by atoms with Gasteiger partial charge in [0.15, 0.2) is 17.8 Å². The Bertz CT molecular complexity index is 1410. The summed E-state index contributed by atoms with van der Waals surface area (Å²) < 4.78 is 13.2. The highest BCUT2D eigenvalue weighted by molar-refractivity contribution is 7.98. The summed E-state index contributed by atoms with van der Waals surface area (Å²) >= 11 is 1.48. The maximum atomic E-state index is 11.5. The second kappa shape index (κ2) is 10.4. The second-order valence-corrected chi connectivity index (χ2v) is 10.9. The van der Waals surface area contributed by atoms with Crippen LogP contribution < -0.4 is 4.74 Å². The molecule has 5 rings (SSSR count).